The average molecular weight is 230 g/mol. The maximum atomic E-state index is 11.6. The van der Waals surface area contributed by atoms with Crippen molar-refractivity contribution < 1.29 is 9.59 Å². The van der Waals surface area contributed by atoms with Crippen LogP contribution in [-0.4, -0.2) is 30.3 Å². The molecule has 0 spiro atoms. The monoisotopic (exact) mass is 230 g/mol. The number of amides is 2. The Labute approximate surface area is 91.1 Å². The van der Waals surface area contributed by atoms with Gasteiger partial charge in [0.1, 0.15) is 0 Å². The zero-order chi connectivity index (χ0) is 10.7. The predicted molar refractivity (Wildman–Crippen MR) is 57.7 cm³/mol. The standard InChI is InChI=1S/C8H10N2O2S2/c1-10(3-7(9)11)8(12)6-2-5(13)4-14-6/h2,4,13H,3H2,1H3,(H2,9,11). The average Bonchev–Trinajstić information content (AvgIpc) is 2.49. The second-order valence-electron chi connectivity index (χ2n) is 2.80. The normalized spacial score (nSPS) is 9.86. The van der Waals surface area contributed by atoms with E-state index in [1.54, 1.807) is 11.4 Å². The van der Waals surface area contributed by atoms with Gasteiger partial charge in [-0.15, -0.1) is 24.0 Å². The smallest absolute Gasteiger partial charge is 0.264 e. The number of hydrogen-bond acceptors (Lipinski definition) is 4. The molecule has 1 aromatic rings. The molecule has 0 fully saturated rings. The zero-order valence-corrected chi connectivity index (χ0v) is 9.27. The van der Waals surface area contributed by atoms with E-state index in [9.17, 15) is 9.59 Å². The van der Waals surface area contributed by atoms with E-state index in [-0.39, 0.29) is 12.5 Å². The maximum Gasteiger partial charge on any atom is 0.264 e. The number of hydrogen-bond donors (Lipinski definition) is 2. The van der Waals surface area contributed by atoms with Crippen LogP contribution in [0.1, 0.15) is 9.67 Å². The lowest BCUT2D eigenvalue weighted by molar-refractivity contribution is -0.118. The van der Waals surface area contributed by atoms with E-state index in [4.69, 9.17) is 5.73 Å². The molecular weight excluding hydrogens is 220 g/mol. The summed E-state index contributed by atoms with van der Waals surface area (Å²) in [7, 11) is 1.53. The first-order valence-corrected chi connectivity index (χ1v) is 5.14. The van der Waals surface area contributed by atoms with Gasteiger partial charge < -0.3 is 10.6 Å². The molecule has 0 bridgehead atoms. The van der Waals surface area contributed by atoms with E-state index in [2.05, 4.69) is 12.6 Å². The van der Waals surface area contributed by atoms with Crippen LogP contribution in [-0.2, 0) is 4.79 Å². The van der Waals surface area contributed by atoms with Crippen LogP contribution in [0.3, 0.4) is 0 Å². The van der Waals surface area contributed by atoms with Crippen molar-refractivity contribution in [2.24, 2.45) is 5.73 Å². The van der Waals surface area contributed by atoms with E-state index in [1.165, 1.54) is 23.3 Å². The Morgan fingerprint density at radius 2 is 2.29 bits per heavy atom. The fourth-order valence-electron chi connectivity index (χ4n) is 0.932. The van der Waals surface area contributed by atoms with Crippen molar-refractivity contribution in [1.29, 1.82) is 0 Å². The summed E-state index contributed by atoms with van der Waals surface area (Å²) >= 11 is 5.38. The van der Waals surface area contributed by atoms with Gasteiger partial charge in [0.05, 0.1) is 11.4 Å². The first-order valence-electron chi connectivity index (χ1n) is 3.82. The molecule has 0 aliphatic carbocycles. The molecule has 0 radical (unpaired) electrons. The topological polar surface area (TPSA) is 63.4 Å². The van der Waals surface area contributed by atoms with Crippen LogP contribution in [0.4, 0.5) is 0 Å². The van der Waals surface area contributed by atoms with Crippen LogP contribution in [0.2, 0.25) is 0 Å². The van der Waals surface area contributed by atoms with Gasteiger partial charge in [-0.1, -0.05) is 0 Å². The molecule has 0 saturated carbocycles. The highest BCUT2D eigenvalue weighted by Crippen LogP contribution is 2.18. The third-order valence-electron chi connectivity index (χ3n) is 1.54. The Bertz CT molecular complexity index is 362. The molecule has 0 aliphatic rings. The minimum absolute atomic E-state index is 0.0708. The Morgan fingerprint density at radius 1 is 1.64 bits per heavy atom. The minimum atomic E-state index is -0.525. The predicted octanol–water partition coefficient (Wildman–Crippen LogP) is 0.594. The summed E-state index contributed by atoms with van der Waals surface area (Å²) in [6, 6.07) is 1.66. The summed E-state index contributed by atoms with van der Waals surface area (Å²) in [6.45, 7) is -0.0708. The number of primary amides is 1. The number of carbonyl (C=O) groups is 2. The molecule has 76 valence electrons. The molecule has 0 atom stereocenters. The second-order valence-corrected chi connectivity index (χ2v) is 4.22. The van der Waals surface area contributed by atoms with Crippen molar-refractivity contribution >= 4 is 35.8 Å². The summed E-state index contributed by atoms with van der Waals surface area (Å²) in [4.78, 5) is 24.7. The number of nitrogens with zero attached hydrogens (tertiary/aromatic N) is 1. The molecule has 1 heterocycles. The summed E-state index contributed by atoms with van der Waals surface area (Å²) in [5.41, 5.74) is 4.97. The summed E-state index contributed by atoms with van der Waals surface area (Å²) in [5.74, 6) is -0.738. The van der Waals surface area contributed by atoms with E-state index in [0.717, 1.165) is 4.90 Å². The van der Waals surface area contributed by atoms with Gasteiger partial charge in [0.2, 0.25) is 5.91 Å². The molecule has 2 N–H and O–H groups in total. The van der Waals surface area contributed by atoms with Crippen LogP contribution >= 0.6 is 24.0 Å². The van der Waals surface area contributed by atoms with Crippen molar-refractivity contribution in [3.05, 3.63) is 16.3 Å². The zero-order valence-electron chi connectivity index (χ0n) is 7.56. The molecule has 2 amide bonds. The Hall–Kier alpha value is -1.01. The molecule has 0 unspecified atom stereocenters. The van der Waals surface area contributed by atoms with Crippen LogP contribution < -0.4 is 5.73 Å². The molecule has 6 heteroatoms. The quantitative estimate of drug-likeness (QED) is 0.747. The molecule has 1 aromatic heterocycles. The Morgan fingerprint density at radius 3 is 2.71 bits per heavy atom. The number of nitrogens with two attached hydrogens (primary N) is 1. The van der Waals surface area contributed by atoms with Crippen LogP contribution in [0.5, 0.6) is 0 Å². The number of thiol groups is 1. The largest absolute Gasteiger partial charge is 0.368 e. The number of thiophene rings is 1. The van der Waals surface area contributed by atoms with Gasteiger partial charge in [0.15, 0.2) is 0 Å². The van der Waals surface area contributed by atoms with Crippen molar-refractivity contribution in [3.63, 3.8) is 0 Å². The second kappa shape index (κ2) is 4.47. The Kier molecular flexibility index (Phi) is 3.54. The van der Waals surface area contributed by atoms with E-state index in [0.29, 0.717) is 4.88 Å². The fraction of sp³-hybridized carbons (Fsp3) is 0.250. The van der Waals surface area contributed by atoms with E-state index < -0.39 is 5.91 Å². The van der Waals surface area contributed by atoms with Crippen molar-refractivity contribution in [2.75, 3.05) is 13.6 Å². The third kappa shape index (κ3) is 2.74. The van der Waals surface area contributed by atoms with Gasteiger partial charge in [-0.25, -0.2) is 0 Å². The number of likely N-dealkylation sites (N-methyl/N-ethyl adjacent to an activating group) is 1. The molecule has 14 heavy (non-hydrogen) atoms. The highest BCUT2D eigenvalue weighted by molar-refractivity contribution is 7.80. The van der Waals surface area contributed by atoms with Gasteiger partial charge in [-0.05, 0) is 6.07 Å². The number of rotatable bonds is 3. The lowest BCUT2D eigenvalue weighted by Crippen LogP contribution is -2.34. The lowest BCUT2D eigenvalue weighted by Gasteiger charge is -2.13. The molecule has 0 aliphatic heterocycles. The van der Waals surface area contributed by atoms with Gasteiger partial charge in [0, 0.05) is 17.3 Å². The molecule has 0 aromatic carbocycles. The highest BCUT2D eigenvalue weighted by Gasteiger charge is 2.14. The SMILES string of the molecule is CN(CC(N)=O)C(=O)c1cc(S)cs1. The van der Waals surface area contributed by atoms with Gasteiger partial charge in [0.25, 0.3) is 5.91 Å². The van der Waals surface area contributed by atoms with Crippen LogP contribution in [0.25, 0.3) is 0 Å². The maximum absolute atomic E-state index is 11.6. The first-order chi connectivity index (χ1) is 6.50. The summed E-state index contributed by atoms with van der Waals surface area (Å²) < 4.78 is 0. The van der Waals surface area contributed by atoms with Gasteiger partial charge in [-0.3, -0.25) is 9.59 Å². The molecule has 0 saturated heterocycles. The third-order valence-corrected chi connectivity index (χ3v) is 2.89. The molecule has 1 rings (SSSR count). The Balaban J connectivity index is 2.70. The molecule has 4 nitrogen and oxygen atoms in total. The van der Waals surface area contributed by atoms with Crippen molar-refractivity contribution in [2.45, 2.75) is 4.90 Å². The highest BCUT2D eigenvalue weighted by atomic mass is 32.1. The summed E-state index contributed by atoms with van der Waals surface area (Å²) in [5, 5.41) is 1.76. The lowest BCUT2D eigenvalue weighted by atomic mass is 10.4. The fourth-order valence-corrected chi connectivity index (χ4v) is 2.07. The van der Waals surface area contributed by atoms with Crippen molar-refractivity contribution in [1.82, 2.24) is 4.90 Å². The van der Waals surface area contributed by atoms with E-state index in [1.807, 2.05) is 0 Å². The van der Waals surface area contributed by atoms with Gasteiger partial charge >= 0.3 is 0 Å². The van der Waals surface area contributed by atoms with Crippen LogP contribution in [0, 0.1) is 0 Å². The van der Waals surface area contributed by atoms with Crippen LogP contribution in [0.15, 0.2) is 16.3 Å². The van der Waals surface area contributed by atoms with Gasteiger partial charge in [-0.2, -0.15) is 0 Å². The number of carbonyl (C=O) groups excluding carboxylic acids is 2. The first kappa shape index (κ1) is 11.1. The summed E-state index contributed by atoms with van der Waals surface area (Å²) in [6.07, 6.45) is 0. The van der Waals surface area contributed by atoms with E-state index >= 15 is 0 Å². The minimum Gasteiger partial charge on any atom is -0.368 e. The molecular formula is C8H10N2O2S2. The van der Waals surface area contributed by atoms with Crippen molar-refractivity contribution in [3.8, 4) is 0 Å².